The Morgan fingerprint density at radius 2 is 1.77 bits per heavy atom. The van der Waals surface area contributed by atoms with Crippen LogP contribution >= 0.6 is 11.6 Å². The van der Waals surface area contributed by atoms with Crippen molar-refractivity contribution < 1.29 is 9.59 Å². The van der Waals surface area contributed by atoms with E-state index in [0.29, 0.717) is 21.8 Å². The van der Waals surface area contributed by atoms with Gasteiger partial charge in [-0.05, 0) is 30.3 Å². The summed E-state index contributed by atoms with van der Waals surface area (Å²) in [6.45, 7) is 1.42. The predicted octanol–water partition coefficient (Wildman–Crippen LogP) is 3.06. The Morgan fingerprint density at radius 3 is 2.41 bits per heavy atom. The van der Waals surface area contributed by atoms with E-state index >= 15 is 0 Å². The minimum absolute atomic E-state index is 0.165. The van der Waals surface area contributed by atoms with Crippen molar-refractivity contribution in [1.29, 1.82) is 0 Å². The quantitative estimate of drug-likeness (QED) is 0.672. The summed E-state index contributed by atoms with van der Waals surface area (Å²) in [5.41, 5.74) is 4.20. The van der Waals surface area contributed by atoms with E-state index in [1.165, 1.54) is 13.1 Å². The molecular formula is C16H14ClN3O2. The van der Waals surface area contributed by atoms with Crippen LogP contribution in [0.1, 0.15) is 22.8 Å². The number of amides is 2. The number of anilines is 1. The minimum atomic E-state index is -0.349. The molecule has 112 valence electrons. The Balaban J connectivity index is 1.97. The van der Waals surface area contributed by atoms with Gasteiger partial charge in [0.1, 0.15) is 0 Å². The summed E-state index contributed by atoms with van der Waals surface area (Å²) >= 11 is 5.98. The topological polar surface area (TPSA) is 70.6 Å². The molecule has 22 heavy (non-hydrogen) atoms. The number of rotatable bonds is 4. The smallest absolute Gasteiger partial charge is 0.271 e. The molecule has 0 atom stereocenters. The first-order valence-corrected chi connectivity index (χ1v) is 6.89. The molecule has 0 spiro atoms. The molecule has 0 unspecified atom stereocenters. The molecule has 2 aromatic rings. The van der Waals surface area contributed by atoms with E-state index in [9.17, 15) is 9.59 Å². The van der Waals surface area contributed by atoms with E-state index in [4.69, 9.17) is 11.6 Å². The van der Waals surface area contributed by atoms with Crippen LogP contribution in [0.4, 0.5) is 5.69 Å². The van der Waals surface area contributed by atoms with E-state index in [2.05, 4.69) is 15.8 Å². The van der Waals surface area contributed by atoms with Crippen molar-refractivity contribution >= 4 is 35.3 Å². The van der Waals surface area contributed by atoms with Crippen LogP contribution in [0.3, 0.4) is 0 Å². The van der Waals surface area contributed by atoms with Crippen LogP contribution in [0.15, 0.2) is 53.6 Å². The zero-order chi connectivity index (χ0) is 15.9. The van der Waals surface area contributed by atoms with Gasteiger partial charge in [0.2, 0.25) is 5.91 Å². The summed E-state index contributed by atoms with van der Waals surface area (Å²) in [6, 6.07) is 13.7. The third kappa shape index (κ3) is 4.43. The Bertz CT molecular complexity index is 712. The number of hydrogen-bond acceptors (Lipinski definition) is 3. The normalized spacial score (nSPS) is 10.5. The number of halogens is 1. The van der Waals surface area contributed by atoms with Crippen molar-refractivity contribution in [3.05, 3.63) is 64.7 Å². The highest BCUT2D eigenvalue weighted by Gasteiger charge is 2.04. The highest BCUT2D eigenvalue weighted by atomic mass is 35.5. The molecule has 0 saturated carbocycles. The molecule has 2 aromatic carbocycles. The molecule has 2 N–H and O–H groups in total. The van der Waals surface area contributed by atoms with Crippen molar-refractivity contribution in [1.82, 2.24) is 5.43 Å². The molecule has 0 fully saturated rings. The lowest BCUT2D eigenvalue weighted by molar-refractivity contribution is -0.114. The highest BCUT2D eigenvalue weighted by Crippen LogP contribution is 2.12. The molecule has 6 heteroatoms. The van der Waals surface area contributed by atoms with Gasteiger partial charge < -0.3 is 5.32 Å². The van der Waals surface area contributed by atoms with Gasteiger partial charge in [-0.15, -0.1) is 0 Å². The summed E-state index contributed by atoms with van der Waals surface area (Å²) in [7, 11) is 0. The zero-order valence-electron chi connectivity index (χ0n) is 11.8. The largest absolute Gasteiger partial charge is 0.326 e. The number of benzene rings is 2. The van der Waals surface area contributed by atoms with Crippen molar-refractivity contribution in [2.24, 2.45) is 5.10 Å². The maximum atomic E-state index is 11.9. The summed E-state index contributed by atoms with van der Waals surface area (Å²) in [4.78, 5) is 22.8. The molecule has 2 rings (SSSR count). The van der Waals surface area contributed by atoms with Gasteiger partial charge in [0.05, 0.1) is 6.21 Å². The summed E-state index contributed by atoms with van der Waals surface area (Å²) < 4.78 is 0. The van der Waals surface area contributed by atoms with Gasteiger partial charge in [-0.1, -0.05) is 29.8 Å². The fourth-order valence-electron chi connectivity index (χ4n) is 1.71. The standard InChI is InChI=1S/C16H14ClN3O2/c1-11(21)19-14-8-6-12(7-9-14)16(22)20-18-10-13-4-2-3-5-15(13)17/h2-10H,1H3,(H,19,21)(H,20,22)/b18-10-. The second-order valence-electron chi connectivity index (χ2n) is 4.48. The zero-order valence-corrected chi connectivity index (χ0v) is 12.6. The van der Waals surface area contributed by atoms with Gasteiger partial charge in [-0.3, -0.25) is 9.59 Å². The van der Waals surface area contributed by atoms with Gasteiger partial charge >= 0.3 is 0 Å². The third-order valence-electron chi connectivity index (χ3n) is 2.74. The first-order valence-electron chi connectivity index (χ1n) is 6.52. The molecule has 5 nitrogen and oxygen atoms in total. The first kappa shape index (κ1) is 15.7. The lowest BCUT2D eigenvalue weighted by Crippen LogP contribution is -2.17. The summed E-state index contributed by atoms with van der Waals surface area (Å²) in [6.07, 6.45) is 1.48. The third-order valence-corrected chi connectivity index (χ3v) is 3.09. The SMILES string of the molecule is CC(=O)Nc1ccc(C(=O)N/N=C\c2ccccc2Cl)cc1. The molecule has 0 heterocycles. The highest BCUT2D eigenvalue weighted by molar-refractivity contribution is 6.33. The lowest BCUT2D eigenvalue weighted by atomic mass is 10.2. The molecular weight excluding hydrogens is 302 g/mol. The molecule has 0 aromatic heterocycles. The Kier molecular flexibility index (Phi) is 5.27. The fraction of sp³-hybridized carbons (Fsp3) is 0.0625. The molecule has 2 amide bonds. The summed E-state index contributed by atoms with van der Waals surface area (Å²) in [5.74, 6) is -0.515. The van der Waals surface area contributed by atoms with Crippen LogP contribution in [0.2, 0.25) is 5.02 Å². The van der Waals surface area contributed by atoms with Crippen LogP contribution in [0, 0.1) is 0 Å². The average molecular weight is 316 g/mol. The van der Waals surface area contributed by atoms with Gasteiger partial charge in [-0.2, -0.15) is 5.10 Å². The lowest BCUT2D eigenvalue weighted by Gasteiger charge is -2.03. The maximum absolute atomic E-state index is 11.9. The average Bonchev–Trinajstić information content (AvgIpc) is 2.49. The van der Waals surface area contributed by atoms with Crippen molar-refractivity contribution in [2.45, 2.75) is 6.92 Å². The second kappa shape index (κ2) is 7.38. The predicted molar refractivity (Wildman–Crippen MR) is 87.3 cm³/mol. The monoisotopic (exact) mass is 315 g/mol. The Morgan fingerprint density at radius 1 is 1.09 bits per heavy atom. The Labute approximate surface area is 133 Å². The molecule has 0 aliphatic carbocycles. The van der Waals surface area contributed by atoms with Gasteiger partial charge in [0.25, 0.3) is 5.91 Å². The summed E-state index contributed by atoms with van der Waals surface area (Å²) in [5, 5.41) is 7.05. The van der Waals surface area contributed by atoms with Crippen LogP contribution < -0.4 is 10.7 Å². The Hall–Kier alpha value is -2.66. The van der Waals surface area contributed by atoms with Crippen molar-refractivity contribution in [3.63, 3.8) is 0 Å². The van der Waals surface area contributed by atoms with Gasteiger partial charge in [0.15, 0.2) is 0 Å². The van der Waals surface area contributed by atoms with E-state index in [1.807, 2.05) is 12.1 Å². The molecule has 0 bridgehead atoms. The van der Waals surface area contributed by atoms with Crippen LogP contribution in [-0.4, -0.2) is 18.0 Å². The van der Waals surface area contributed by atoms with E-state index in [0.717, 1.165) is 0 Å². The first-order chi connectivity index (χ1) is 10.6. The molecule has 0 aliphatic heterocycles. The van der Waals surface area contributed by atoms with Crippen molar-refractivity contribution in [3.8, 4) is 0 Å². The molecule has 0 saturated heterocycles. The fourth-order valence-corrected chi connectivity index (χ4v) is 1.90. The second-order valence-corrected chi connectivity index (χ2v) is 4.89. The van der Waals surface area contributed by atoms with Gasteiger partial charge in [-0.25, -0.2) is 5.43 Å². The van der Waals surface area contributed by atoms with E-state index in [1.54, 1.807) is 36.4 Å². The number of carbonyl (C=O) groups is 2. The van der Waals surface area contributed by atoms with Crippen molar-refractivity contribution in [2.75, 3.05) is 5.32 Å². The number of nitrogens with one attached hydrogen (secondary N) is 2. The van der Waals surface area contributed by atoms with Crippen LogP contribution in [0.5, 0.6) is 0 Å². The number of hydrogen-bond donors (Lipinski definition) is 2. The number of hydrazone groups is 1. The maximum Gasteiger partial charge on any atom is 0.271 e. The van der Waals surface area contributed by atoms with E-state index < -0.39 is 0 Å². The molecule has 0 aliphatic rings. The molecule has 0 radical (unpaired) electrons. The van der Waals surface area contributed by atoms with Crippen LogP contribution in [-0.2, 0) is 4.79 Å². The number of nitrogens with zero attached hydrogens (tertiary/aromatic N) is 1. The minimum Gasteiger partial charge on any atom is -0.326 e. The number of carbonyl (C=O) groups excluding carboxylic acids is 2. The van der Waals surface area contributed by atoms with E-state index in [-0.39, 0.29) is 11.8 Å². The van der Waals surface area contributed by atoms with Crippen LogP contribution in [0.25, 0.3) is 0 Å². The van der Waals surface area contributed by atoms with Gasteiger partial charge in [0, 0.05) is 28.8 Å².